The Bertz CT molecular complexity index is 458. The zero-order valence-electron chi connectivity index (χ0n) is 9.79. The summed E-state index contributed by atoms with van der Waals surface area (Å²) in [6, 6.07) is 7.91. The maximum Gasteiger partial charge on any atom is 0.427 e. The van der Waals surface area contributed by atoms with Crippen LogP contribution >= 0.6 is 0 Å². The van der Waals surface area contributed by atoms with Crippen LogP contribution < -0.4 is 5.43 Å². The smallest absolute Gasteiger partial charge is 0.377 e. The Kier molecular flexibility index (Phi) is 2.30. The zero-order chi connectivity index (χ0) is 13.0. The number of nitrogens with one attached hydrogen (secondary N) is 1. The van der Waals surface area contributed by atoms with Gasteiger partial charge in [-0.1, -0.05) is 30.3 Å². The molecular weight excluding hydrogens is 245 g/mol. The normalized spacial score (nSPS) is 33.9. The standard InChI is InChI=1S/C12H13F3N2O/c1-10(7-18-8-10)17-11(16-17,12(13,14)15)9-5-3-2-4-6-9/h2-6,16H,7-8H2,1H3. The van der Waals surface area contributed by atoms with E-state index in [-0.39, 0.29) is 5.56 Å². The van der Waals surface area contributed by atoms with Gasteiger partial charge in [0.15, 0.2) is 0 Å². The second kappa shape index (κ2) is 3.46. The van der Waals surface area contributed by atoms with Gasteiger partial charge in [0.25, 0.3) is 0 Å². The van der Waals surface area contributed by atoms with Crippen molar-refractivity contribution in [3.63, 3.8) is 0 Å². The summed E-state index contributed by atoms with van der Waals surface area (Å²) in [6.07, 6.45) is -4.37. The van der Waals surface area contributed by atoms with Gasteiger partial charge >= 0.3 is 6.18 Å². The number of hydrogen-bond donors (Lipinski definition) is 1. The Morgan fingerprint density at radius 3 is 2.28 bits per heavy atom. The Morgan fingerprint density at radius 2 is 1.83 bits per heavy atom. The van der Waals surface area contributed by atoms with Crippen LogP contribution in [-0.4, -0.2) is 29.9 Å². The number of hydrogen-bond acceptors (Lipinski definition) is 3. The molecule has 1 aromatic rings. The fourth-order valence-electron chi connectivity index (χ4n) is 2.43. The number of rotatable bonds is 2. The number of ether oxygens (including phenoxy) is 1. The maximum atomic E-state index is 13.4. The van der Waals surface area contributed by atoms with Gasteiger partial charge in [-0.3, -0.25) is 0 Å². The lowest BCUT2D eigenvalue weighted by molar-refractivity contribution is -0.196. The Morgan fingerprint density at radius 1 is 1.22 bits per heavy atom. The summed E-state index contributed by atoms with van der Waals surface area (Å²) in [5, 5.41) is 1.26. The quantitative estimate of drug-likeness (QED) is 0.824. The van der Waals surface area contributed by atoms with Gasteiger partial charge in [0, 0.05) is 0 Å². The van der Waals surface area contributed by atoms with Gasteiger partial charge < -0.3 is 4.74 Å². The van der Waals surface area contributed by atoms with Crippen LogP contribution in [0.5, 0.6) is 0 Å². The number of hydrazine groups is 1. The summed E-state index contributed by atoms with van der Waals surface area (Å²) >= 11 is 0. The molecule has 1 aromatic carbocycles. The van der Waals surface area contributed by atoms with Gasteiger partial charge in [-0.05, 0) is 12.5 Å². The van der Waals surface area contributed by atoms with E-state index in [0.717, 1.165) is 0 Å². The van der Waals surface area contributed by atoms with Crippen LogP contribution in [0.25, 0.3) is 0 Å². The molecule has 1 N–H and O–H groups in total. The molecule has 2 aliphatic rings. The van der Waals surface area contributed by atoms with Gasteiger partial charge in [-0.2, -0.15) is 18.2 Å². The molecule has 0 aliphatic carbocycles. The summed E-state index contributed by atoms with van der Waals surface area (Å²) in [5.41, 5.74) is 0.0682. The monoisotopic (exact) mass is 258 g/mol. The second-order valence-electron chi connectivity index (χ2n) is 5.01. The van der Waals surface area contributed by atoms with Crippen LogP contribution in [0, 0.1) is 0 Å². The third-order valence-corrected chi connectivity index (χ3v) is 3.53. The van der Waals surface area contributed by atoms with E-state index in [2.05, 4.69) is 5.43 Å². The van der Waals surface area contributed by atoms with Crippen molar-refractivity contribution >= 4 is 0 Å². The molecule has 3 nitrogen and oxygen atoms in total. The predicted molar refractivity (Wildman–Crippen MR) is 58.4 cm³/mol. The van der Waals surface area contributed by atoms with Gasteiger partial charge in [0.1, 0.15) is 0 Å². The minimum Gasteiger partial charge on any atom is -0.377 e. The average Bonchev–Trinajstić information content (AvgIpc) is 3.03. The molecule has 0 saturated carbocycles. The highest BCUT2D eigenvalue weighted by Crippen LogP contribution is 2.54. The number of nitrogens with zero attached hydrogens (tertiary/aromatic N) is 1. The first-order valence-corrected chi connectivity index (χ1v) is 5.68. The van der Waals surface area contributed by atoms with E-state index in [1.54, 1.807) is 25.1 Å². The molecule has 3 rings (SSSR count). The Labute approximate surface area is 102 Å². The summed E-state index contributed by atoms with van der Waals surface area (Å²) < 4.78 is 45.2. The van der Waals surface area contributed by atoms with Crippen molar-refractivity contribution in [2.75, 3.05) is 13.2 Å². The van der Waals surface area contributed by atoms with Crippen LogP contribution in [0.4, 0.5) is 13.2 Å². The van der Waals surface area contributed by atoms with Crippen LogP contribution in [0.3, 0.4) is 0 Å². The Hall–Kier alpha value is -1.11. The highest BCUT2D eigenvalue weighted by Gasteiger charge is 2.76. The number of benzene rings is 1. The minimum atomic E-state index is -4.37. The highest BCUT2D eigenvalue weighted by molar-refractivity contribution is 5.32. The summed E-state index contributed by atoms with van der Waals surface area (Å²) in [5.74, 6) is 0. The lowest BCUT2D eigenvalue weighted by Crippen LogP contribution is -2.56. The van der Waals surface area contributed by atoms with Crippen molar-refractivity contribution in [1.29, 1.82) is 0 Å². The molecule has 2 heterocycles. The first kappa shape index (κ1) is 12.0. The molecule has 0 aromatic heterocycles. The van der Waals surface area contributed by atoms with E-state index in [4.69, 9.17) is 4.74 Å². The molecule has 6 heteroatoms. The van der Waals surface area contributed by atoms with Crippen molar-refractivity contribution in [2.45, 2.75) is 24.3 Å². The van der Waals surface area contributed by atoms with Crippen LogP contribution in [0.15, 0.2) is 30.3 Å². The first-order chi connectivity index (χ1) is 8.40. The molecule has 98 valence electrons. The Balaban J connectivity index is 1.99. The van der Waals surface area contributed by atoms with E-state index in [9.17, 15) is 13.2 Å². The molecular formula is C12H13F3N2O. The van der Waals surface area contributed by atoms with E-state index < -0.39 is 17.4 Å². The molecule has 0 bridgehead atoms. The van der Waals surface area contributed by atoms with E-state index in [1.165, 1.54) is 17.1 Å². The SMILES string of the molecule is CC1(N2NC2(c2ccccc2)C(F)(F)F)COC1. The number of alkyl halides is 3. The minimum absolute atomic E-state index is 0.214. The molecule has 0 spiro atoms. The summed E-state index contributed by atoms with van der Waals surface area (Å²) in [4.78, 5) is 0. The summed E-state index contributed by atoms with van der Waals surface area (Å²) in [6.45, 7) is 2.38. The largest absolute Gasteiger partial charge is 0.427 e. The third kappa shape index (κ3) is 1.43. The molecule has 18 heavy (non-hydrogen) atoms. The van der Waals surface area contributed by atoms with E-state index >= 15 is 0 Å². The second-order valence-corrected chi connectivity index (χ2v) is 5.01. The van der Waals surface area contributed by atoms with Crippen molar-refractivity contribution in [3.05, 3.63) is 35.9 Å². The van der Waals surface area contributed by atoms with Crippen molar-refractivity contribution in [3.8, 4) is 0 Å². The molecule has 2 saturated heterocycles. The molecule has 2 aliphatic heterocycles. The van der Waals surface area contributed by atoms with E-state index in [0.29, 0.717) is 13.2 Å². The summed E-state index contributed by atoms with van der Waals surface area (Å²) in [7, 11) is 0. The van der Waals surface area contributed by atoms with Gasteiger partial charge in [-0.15, -0.1) is 0 Å². The average molecular weight is 258 g/mol. The maximum absolute atomic E-state index is 13.4. The fourth-order valence-corrected chi connectivity index (χ4v) is 2.43. The van der Waals surface area contributed by atoms with E-state index in [1.807, 2.05) is 0 Å². The van der Waals surface area contributed by atoms with Crippen molar-refractivity contribution < 1.29 is 17.9 Å². The first-order valence-electron chi connectivity index (χ1n) is 5.68. The van der Waals surface area contributed by atoms with Crippen molar-refractivity contribution in [1.82, 2.24) is 10.4 Å². The van der Waals surface area contributed by atoms with Gasteiger partial charge in [-0.25, -0.2) is 5.43 Å². The molecule has 0 amide bonds. The molecule has 2 atom stereocenters. The van der Waals surface area contributed by atoms with Gasteiger partial charge in [0.05, 0.1) is 18.8 Å². The predicted octanol–water partition coefficient (Wildman–Crippen LogP) is 2.01. The van der Waals surface area contributed by atoms with Crippen LogP contribution in [-0.2, 0) is 10.4 Å². The number of halogens is 3. The van der Waals surface area contributed by atoms with Crippen molar-refractivity contribution in [2.24, 2.45) is 0 Å². The topological polar surface area (TPSA) is 34.2 Å². The molecule has 2 fully saturated rings. The molecule has 2 unspecified atom stereocenters. The highest BCUT2D eigenvalue weighted by atomic mass is 19.4. The fraction of sp³-hybridized carbons (Fsp3) is 0.500. The zero-order valence-corrected chi connectivity index (χ0v) is 9.79. The molecule has 0 radical (unpaired) electrons. The van der Waals surface area contributed by atoms with Crippen LogP contribution in [0.1, 0.15) is 12.5 Å². The van der Waals surface area contributed by atoms with Crippen LogP contribution in [0.2, 0.25) is 0 Å². The lowest BCUT2D eigenvalue weighted by atomic mass is 9.95. The lowest BCUT2D eigenvalue weighted by Gasteiger charge is -2.40. The van der Waals surface area contributed by atoms with Gasteiger partial charge in [0.2, 0.25) is 5.66 Å². The third-order valence-electron chi connectivity index (χ3n) is 3.53.